The summed E-state index contributed by atoms with van der Waals surface area (Å²) in [7, 11) is 0. The molecule has 3 aromatic rings. The number of ether oxygens (including phenoxy) is 2. The Morgan fingerprint density at radius 3 is 2.85 bits per heavy atom. The van der Waals surface area contributed by atoms with E-state index in [1.807, 2.05) is 30.3 Å². The molecular weight excluding hydrogens is 362 g/mol. The summed E-state index contributed by atoms with van der Waals surface area (Å²) in [5, 5.41) is 5.81. The SMILES string of the molecule is CC1(C)CC[C@H](COc2ccc3c(Nc4ccc(Cl)nc4)nccc3c2)O1. The molecule has 27 heavy (non-hydrogen) atoms. The number of nitrogens with one attached hydrogen (secondary N) is 1. The highest BCUT2D eigenvalue weighted by atomic mass is 35.5. The molecule has 3 heterocycles. The minimum absolute atomic E-state index is 0.0415. The van der Waals surface area contributed by atoms with Crippen LogP contribution in [0.15, 0.2) is 48.8 Å². The van der Waals surface area contributed by atoms with Crippen LogP contribution in [0.4, 0.5) is 11.5 Å². The molecule has 4 rings (SSSR count). The van der Waals surface area contributed by atoms with Gasteiger partial charge in [-0.25, -0.2) is 9.97 Å². The second-order valence-electron chi connectivity index (χ2n) is 7.39. The quantitative estimate of drug-likeness (QED) is 0.601. The summed E-state index contributed by atoms with van der Waals surface area (Å²) < 4.78 is 12.0. The van der Waals surface area contributed by atoms with E-state index in [1.165, 1.54) is 0 Å². The predicted octanol–water partition coefficient (Wildman–Crippen LogP) is 5.36. The molecule has 2 aromatic heterocycles. The molecule has 0 amide bonds. The van der Waals surface area contributed by atoms with Crippen LogP contribution in [0.5, 0.6) is 5.75 Å². The molecule has 1 saturated heterocycles. The Labute approximate surface area is 163 Å². The van der Waals surface area contributed by atoms with E-state index in [1.54, 1.807) is 18.5 Å². The van der Waals surface area contributed by atoms with Crippen molar-refractivity contribution in [2.45, 2.75) is 38.4 Å². The van der Waals surface area contributed by atoms with Gasteiger partial charge in [0.1, 0.15) is 23.3 Å². The Morgan fingerprint density at radius 1 is 1.22 bits per heavy atom. The van der Waals surface area contributed by atoms with Crippen LogP contribution in [0.1, 0.15) is 26.7 Å². The van der Waals surface area contributed by atoms with Gasteiger partial charge in [0.2, 0.25) is 0 Å². The molecule has 1 aromatic carbocycles. The van der Waals surface area contributed by atoms with Crippen molar-refractivity contribution in [3.05, 3.63) is 53.9 Å². The number of hydrogen-bond donors (Lipinski definition) is 1. The van der Waals surface area contributed by atoms with Gasteiger partial charge in [0.15, 0.2) is 0 Å². The maximum atomic E-state index is 5.99. The standard InChI is InChI=1S/C21H22ClN3O2/c1-21(2)9-7-17(27-21)13-26-16-4-5-18-14(11-16)8-10-23-20(18)25-15-3-6-19(22)24-12-15/h3-6,8,10-12,17H,7,9,13H2,1-2H3,(H,23,25)/t17-/m1/s1. The third-order valence-electron chi connectivity index (χ3n) is 4.72. The Morgan fingerprint density at radius 2 is 2.11 bits per heavy atom. The summed E-state index contributed by atoms with van der Waals surface area (Å²) in [5.41, 5.74) is 0.793. The van der Waals surface area contributed by atoms with E-state index in [9.17, 15) is 0 Å². The lowest BCUT2D eigenvalue weighted by atomic mass is 10.1. The fraction of sp³-hybridized carbons (Fsp3) is 0.333. The monoisotopic (exact) mass is 383 g/mol. The highest BCUT2D eigenvalue weighted by Gasteiger charge is 2.31. The summed E-state index contributed by atoms with van der Waals surface area (Å²) in [6, 6.07) is 11.6. The molecular formula is C21H22ClN3O2. The number of anilines is 2. The second kappa shape index (κ2) is 7.33. The highest BCUT2D eigenvalue weighted by Crippen LogP contribution is 2.31. The van der Waals surface area contributed by atoms with Crippen molar-refractivity contribution >= 4 is 33.9 Å². The Bertz CT molecular complexity index is 944. The number of halogens is 1. The van der Waals surface area contributed by atoms with Gasteiger partial charge in [-0.15, -0.1) is 0 Å². The summed E-state index contributed by atoms with van der Waals surface area (Å²) in [6.45, 7) is 4.82. The average molecular weight is 384 g/mol. The molecule has 0 bridgehead atoms. The van der Waals surface area contributed by atoms with Crippen molar-refractivity contribution in [2.24, 2.45) is 0 Å². The van der Waals surface area contributed by atoms with E-state index in [-0.39, 0.29) is 11.7 Å². The molecule has 0 aliphatic carbocycles. The van der Waals surface area contributed by atoms with Gasteiger partial charge in [-0.3, -0.25) is 0 Å². The molecule has 6 heteroatoms. The van der Waals surface area contributed by atoms with Crippen LogP contribution < -0.4 is 10.1 Å². The summed E-state index contributed by atoms with van der Waals surface area (Å²) in [4.78, 5) is 8.53. The van der Waals surface area contributed by atoms with E-state index < -0.39 is 0 Å². The molecule has 1 N–H and O–H groups in total. The Kier molecular flexibility index (Phi) is 4.89. The van der Waals surface area contributed by atoms with Gasteiger partial charge in [0.05, 0.1) is 23.6 Å². The van der Waals surface area contributed by atoms with Gasteiger partial charge in [-0.2, -0.15) is 0 Å². The molecule has 5 nitrogen and oxygen atoms in total. The minimum Gasteiger partial charge on any atom is -0.491 e. The third kappa shape index (κ3) is 4.31. The van der Waals surface area contributed by atoms with Crippen LogP contribution in [-0.2, 0) is 4.74 Å². The zero-order chi connectivity index (χ0) is 18.9. The van der Waals surface area contributed by atoms with Crippen molar-refractivity contribution in [1.29, 1.82) is 0 Å². The minimum atomic E-state index is -0.0415. The lowest BCUT2D eigenvalue weighted by Crippen LogP contribution is -2.23. The predicted molar refractivity (Wildman–Crippen MR) is 108 cm³/mol. The number of hydrogen-bond acceptors (Lipinski definition) is 5. The Hall–Kier alpha value is -2.37. The number of nitrogens with zero attached hydrogens (tertiary/aromatic N) is 2. The molecule has 0 spiro atoms. The number of benzene rings is 1. The lowest BCUT2D eigenvalue weighted by Gasteiger charge is -2.19. The number of rotatable bonds is 5. The molecule has 1 aliphatic heterocycles. The lowest BCUT2D eigenvalue weighted by molar-refractivity contribution is -0.0326. The van der Waals surface area contributed by atoms with Crippen molar-refractivity contribution < 1.29 is 9.47 Å². The average Bonchev–Trinajstić information content (AvgIpc) is 3.01. The van der Waals surface area contributed by atoms with E-state index >= 15 is 0 Å². The number of aromatic nitrogens is 2. The largest absolute Gasteiger partial charge is 0.491 e. The van der Waals surface area contributed by atoms with Gasteiger partial charge in [-0.1, -0.05) is 11.6 Å². The maximum Gasteiger partial charge on any atom is 0.138 e. The molecule has 1 atom stereocenters. The molecule has 1 fully saturated rings. The van der Waals surface area contributed by atoms with Crippen LogP contribution in [0, 0.1) is 0 Å². The molecule has 1 aliphatic rings. The summed E-state index contributed by atoms with van der Waals surface area (Å²) in [6.07, 6.45) is 5.72. The number of fused-ring (bicyclic) bond motifs is 1. The van der Waals surface area contributed by atoms with Crippen LogP contribution >= 0.6 is 11.6 Å². The first-order valence-corrected chi connectivity index (χ1v) is 9.44. The van der Waals surface area contributed by atoms with Crippen LogP contribution in [0.3, 0.4) is 0 Å². The normalized spacial score (nSPS) is 18.6. The first-order valence-electron chi connectivity index (χ1n) is 9.06. The number of pyridine rings is 2. The highest BCUT2D eigenvalue weighted by molar-refractivity contribution is 6.29. The summed E-state index contributed by atoms with van der Waals surface area (Å²) in [5.74, 6) is 1.60. The fourth-order valence-electron chi connectivity index (χ4n) is 3.32. The van der Waals surface area contributed by atoms with Crippen LogP contribution in [-0.4, -0.2) is 28.3 Å². The summed E-state index contributed by atoms with van der Waals surface area (Å²) >= 11 is 5.84. The van der Waals surface area contributed by atoms with E-state index in [2.05, 4.69) is 29.1 Å². The van der Waals surface area contributed by atoms with E-state index in [0.717, 1.165) is 40.9 Å². The Balaban J connectivity index is 1.49. The van der Waals surface area contributed by atoms with E-state index in [0.29, 0.717) is 11.8 Å². The maximum absolute atomic E-state index is 5.99. The van der Waals surface area contributed by atoms with Gasteiger partial charge < -0.3 is 14.8 Å². The fourth-order valence-corrected chi connectivity index (χ4v) is 3.43. The second-order valence-corrected chi connectivity index (χ2v) is 7.77. The van der Waals surface area contributed by atoms with Crippen molar-refractivity contribution in [3.63, 3.8) is 0 Å². The van der Waals surface area contributed by atoms with Crippen LogP contribution in [0.2, 0.25) is 5.15 Å². The van der Waals surface area contributed by atoms with Crippen molar-refractivity contribution in [1.82, 2.24) is 9.97 Å². The van der Waals surface area contributed by atoms with Gasteiger partial charge in [0, 0.05) is 11.6 Å². The van der Waals surface area contributed by atoms with Crippen LogP contribution in [0.25, 0.3) is 10.8 Å². The van der Waals surface area contributed by atoms with Gasteiger partial charge >= 0.3 is 0 Å². The molecule has 0 radical (unpaired) electrons. The topological polar surface area (TPSA) is 56.3 Å². The van der Waals surface area contributed by atoms with Gasteiger partial charge in [0.25, 0.3) is 0 Å². The first kappa shape index (κ1) is 18.0. The molecule has 0 unspecified atom stereocenters. The van der Waals surface area contributed by atoms with Crippen molar-refractivity contribution in [3.8, 4) is 5.75 Å². The molecule has 0 saturated carbocycles. The zero-order valence-electron chi connectivity index (χ0n) is 15.4. The molecule has 140 valence electrons. The van der Waals surface area contributed by atoms with Crippen molar-refractivity contribution in [2.75, 3.05) is 11.9 Å². The van der Waals surface area contributed by atoms with Gasteiger partial charge in [-0.05, 0) is 68.5 Å². The van der Waals surface area contributed by atoms with E-state index in [4.69, 9.17) is 21.1 Å². The first-order chi connectivity index (χ1) is 13.0. The third-order valence-corrected chi connectivity index (χ3v) is 4.94. The zero-order valence-corrected chi connectivity index (χ0v) is 16.2. The smallest absolute Gasteiger partial charge is 0.138 e.